The Bertz CT molecular complexity index is 933. The van der Waals surface area contributed by atoms with Gasteiger partial charge in [0.15, 0.2) is 0 Å². The number of fused-ring (bicyclic) bond motifs is 1. The van der Waals surface area contributed by atoms with Crippen molar-refractivity contribution >= 4 is 29.1 Å². The monoisotopic (exact) mass is 350 g/mol. The summed E-state index contributed by atoms with van der Waals surface area (Å²) in [6.07, 6.45) is 4.34. The van der Waals surface area contributed by atoms with Crippen LogP contribution in [-0.4, -0.2) is 21.4 Å². The van der Waals surface area contributed by atoms with Gasteiger partial charge in [0, 0.05) is 29.9 Å². The van der Waals surface area contributed by atoms with Crippen molar-refractivity contribution in [2.75, 3.05) is 11.4 Å². The average Bonchev–Trinajstić information content (AvgIpc) is 3.08. The zero-order valence-corrected chi connectivity index (χ0v) is 14.0. The molecule has 0 spiro atoms. The van der Waals surface area contributed by atoms with Crippen molar-refractivity contribution in [3.63, 3.8) is 0 Å². The third-order valence-corrected chi connectivity index (χ3v) is 5.15. The van der Waals surface area contributed by atoms with Crippen molar-refractivity contribution in [2.45, 2.75) is 16.2 Å². The Morgan fingerprint density at radius 2 is 1.76 bits per heavy atom. The van der Waals surface area contributed by atoms with E-state index in [1.54, 1.807) is 30.6 Å². The second-order valence-corrected chi connectivity index (χ2v) is 6.62. The van der Waals surface area contributed by atoms with Crippen LogP contribution in [0, 0.1) is 10.1 Å². The van der Waals surface area contributed by atoms with Gasteiger partial charge in [-0.15, -0.1) is 0 Å². The number of nitro benzene ring substituents is 1. The fourth-order valence-electron chi connectivity index (χ4n) is 2.95. The molecule has 0 N–H and O–H groups in total. The quantitative estimate of drug-likeness (QED) is 0.518. The number of nitrogens with zero attached hydrogens (tertiary/aromatic N) is 4. The molecule has 124 valence electrons. The van der Waals surface area contributed by atoms with Gasteiger partial charge in [-0.2, -0.15) is 0 Å². The number of benzene rings is 2. The van der Waals surface area contributed by atoms with E-state index in [9.17, 15) is 10.1 Å². The van der Waals surface area contributed by atoms with Gasteiger partial charge in [0.25, 0.3) is 5.69 Å². The van der Waals surface area contributed by atoms with E-state index in [0.717, 1.165) is 23.5 Å². The highest BCUT2D eigenvalue weighted by Gasteiger charge is 2.26. The lowest BCUT2D eigenvalue weighted by Gasteiger charge is -2.19. The second-order valence-electron chi connectivity index (χ2n) is 5.54. The number of anilines is 2. The number of hydrogen-bond donors (Lipinski definition) is 0. The van der Waals surface area contributed by atoms with Gasteiger partial charge in [-0.1, -0.05) is 36.0 Å². The molecule has 0 amide bonds. The summed E-state index contributed by atoms with van der Waals surface area (Å²) in [7, 11) is 0. The summed E-state index contributed by atoms with van der Waals surface area (Å²) < 4.78 is 0. The van der Waals surface area contributed by atoms with Crippen molar-refractivity contribution in [1.29, 1.82) is 0 Å². The first-order chi connectivity index (χ1) is 12.2. The first-order valence-electron chi connectivity index (χ1n) is 7.82. The van der Waals surface area contributed by atoms with Crippen LogP contribution in [0.1, 0.15) is 5.56 Å². The number of aromatic nitrogens is 2. The summed E-state index contributed by atoms with van der Waals surface area (Å²) in [5.74, 6) is 0.650. The summed E-state index contributed by atoms with van der Waals surface area (Å²) in [5, 5.41) is 11.3. The Kier molecular flexibility index (Phi) is 4.07. The number of nitro groups is 1. The molecule has 1 aliphatic rings. The molecule has 6 nitrogen and oxygen atoms in total. The van der Waals surface area contributed by atoms with Gasteiger partial charge in [-0.25, -0.2) is 9.97 Å². The highest BCUT2D eigenvalue weighted by Crippen LogP contribution is 2.44. The summed E-state index contributed by atoms with van der Waals surface area (Å²) in [6.45, 7) is 0.799. The summed E-state index contributed by atoms with van der Waals surface area (Å²) in [5.41, 5.74) is 2.36. The lowest BCUT2D eigenvalue weighted by atomic mass is 10.2. The molecular formula is C18H14N4O2S. The van der Waals surface area contributed by atoms with Crippen LogP contribution in [0.5, 0.6) is 0 Å². The summed E-state index contributed by atoms with van der Waals surface area (Å²) in [6, 6.07) is 14.7. The molecule has 25 heavy (non-hydrogen) atoms. The highest BCUT2D eigenvalue weighted by molar-refractivity contribution is 7.99. The maximum absolute atomic E-state index is 11.3. The van der Waals surface area contributed by atoms with Crippen LogP contribution in [0.3, 0.4) is 0 Å². The molecule has 0 unspecified atom stereocenters. The van der Waals surface area contributed by atoms with Crippen LogP contribution < -0.4 is 4.90 Å². The molecular weight excluding hydrogens is 336 g/mol. The molecule has 4 rings (SSSR count). The molecule has 0 saturated heterocycles. The SMILES string of the molecule is O=[N+]([O-])c1ccccc1Sc1cccc2c1N(c1ncccn1)CC2. The molecule has 0 atom stereocenters. The molecule has 7 heteroatoms. The first-order valence-corrected chi connectivity index (χ1v) is 8.63. The van der Waals surface area contributed by atoms with Gasteiger partial charge in [0.1, 0.15) is 0 Å². The minimum Gasteiger partial charge on any atom is -0.309 e. The molecule has 2 heterocycles. The van der Waals surface area contributed by atoms with Crippen LogP contribution in [0.4, 0.5) is 17.3 Å². The van der Waals surface area contributed by atoms with Gasteiger partial charge in [-0.05, 0) is 30.2 Å². The van der Waals surface area contributed by atoms with Crippen molar-refractivity contribution in [2.24, 2.45) is 0 Å². The van der Waals surface area contributed by atoms with E-state index in [1.165, 1.54) is 23.4 Å². The Balaban J connectivity index is 1.76. The normalized spacial score (nSPS) is 12.9. The molecule has 2 aromatic carbocycles. The van der Waals surface area contributed by atoms with Crippen molar-refractivity contribution in [1.82, 2.24) is 9.97 Å². The molecule has 0 saturated carbocycles. The van der Waals surface area contributed by atoms with Gasteiger partial charge in [0.2, 0.25) is 5.95 Å². The molecule has 0 radical (unpaired) electrons. The minimum atomic E-state index is -0.344. The first kappa shape index (κ1) is 15.6. The minimum absolute atomic E-state index is 0.116. The number of para-hydroxylation sites is 2. The number of hydrogen-bond acceptors (Lipinski definition) is 6. The van der Waals surface area contributed by atoms with E-state index in [-0.39, 0.29) is 10.6 Å². The number of rotatable bonds is 4. The van der Waals surface area contributed by atoms with Crippen molar-refractivity contribution in [3.8, 4) is 0 Å². The zero-order valence-electron chi connectivity index (χ0n) is 13.2. The van der Waals surface area contributed by atoms with Gasteiger partial charge in [-0.3, -0.25) is 10.1 Å². The van der Waals surface area contributed by atoms with E-state index in [2.05, 4.69) is 20.9 Å². The highest BCUT2D eigenvalue weighted by atomic mass is 32.2. The Hall–Kier alpha value is -2.93. The second kappa shape index (κ2) is 6.52. The third-order valence-electron chi connectivity index (χ3n) is 4.03. The smallest absolute Gasteiger partial charge is 0.283 e. The maximum atomic E-state index is 11.3. The van der Waals surface area contributed by atoms with Crippen LogP contribution in [0.25, 0.3) is 0 Å². The van der Waals surface area contributed by atoms with Gasteiger partial charge in [0.05, 0.1) is 15.5 Å². The van der Waals surface area contributed by atoms with E-state index in [4.69, 9.17) is 0 Å². The fourth-order valence-corrected chi connectivity index (χ4v) is 4.06. The van der Waals surface area contributed by atoms with Crippen molar-refractivity contribution < 1.29 is 4.92 Å². The van der Waals surface area contributed by atoms with Crippen LogP contribution in [0.2, 0.25) is 0 Å². The van der Waals surface area contributed by atoms with Crippen LogP contribution in [-0.2, 0) is 6.42 Å². The maximum Gasteiger partial charge on any atom is 0.283 e. The predicted octanol–water partition coefficient (Wildman–Crippen LogP) is 4.23. The third kappa shape index (κ3) is 2.94. The largest absolute Gasteiger partial charge is 0.309 e. The zero-order chi connectivity index (χ0) is 17.2. The molecule has 0 bridgehead atoms. The van der Waals surface area contributed by atoms with Gasteiger partial charge >= 0.3 is 0 Å². The molecule has 0 aliphatic carbocycles. The van der Waals surface area contributed by atoms with Crippen molar-refractivity contribution in [3.05, 3.63) is 76.6 Å². The predicted molar refractivity (Wildman–Crippen MR) is 96.4 cm³/mol. The molecule has 3 aromatic rings. The topological polar surface area (TPSA) is 72.2 Å². The Morgan fingerprint density at radius 1 is 1.00 bits per heavy atom. The van der Waals surface area contributed by atoms with Gasteiger partial charge < -0.3 is 4.90 Å². The molecule has 0 fully saturated rings. The Morgan fingerprint density at radius 3 is 2.56 bits per heavy atom. The van der Waals surface area contributed by atoms with E-state index >= 15 is 0 Å². The lowest BCUT2D eigenvalue weighted by molar-refractivity contribution is -0.387. The standard InChI is InChI=1S/C18H14N4O2S/c23-22(24)14-6-1-2-7-15(14)25-16-8-3-5-13-9-12-21(17(13)16)18-19-10-4-11-20-18/h1-8,10-11H,9,12H2. The Labute approximate surface area is 148 Å². The molecule has 1 aromatic heterocycles. The summed E-state index contributed by atoms with van der Waals surface area (Å²) in [4.78, 5) is 23.3. The van der Waals surface area contributed by atoms with Crippen LogP contribution >= 0.6 is 11.8 Å². The fraction of sp³-hybridized carbons (Fsp3) is 0.111. The van der Waals surface area contributed by atoms with E-state index in [0.29, 0.717) is 10.8 Å². The summed E-state index contributed by atoms with van der Waals surface area (Å²) >= 11 is 1.41. The van der Waals surface area contributed by atoms with E-state index < -0.39 is 0 Å². The lowest BCUT2D eigenvalue weighted by Crippen LogP contribution is -2.16. The van der Waals surface area contributed by atoms with E-state index in [1.807, 2.05) is 18.2 Å². The van der Waals surface area contributed by atoms with Crippen LogP contribution in [0.15, 0.2) is 70.7 Å². The molecule has 1 aliphatic heterocycles. The average molecular weight is 350 g/mol.